The average molecular weight is 222 g/mol. The van der Waals surface area contributed by atoms with Crippen LogP contribution in [0.25, 0.3) is 6.08 Å². The van der Waals surface area contributed by atoms with Crippen molar-refractivity contribution in [1.82, 2.24) is 0 Å². The molecule has 0 aliphatic rings. The first-order valence-corrected chi connectivity index (χ1v) is 4.35. The van der Waals surface area contributed by atoms with Crippen LogP contribution in [0, 0.1) is 11.3 Å². The van der Waals surface area contributed by atoms with E-state index in [1.165, 1.54) is 0 Å². The van der Waals surface area contributed by atoms with Crippen molar-refractivity contribution < 1.29 is 0 Å². The van der Waals surface area contributed by atoms with E-state index in [-0.39, 0.29) is 0 Å². The molecule has 0 bridgehead atoms. The molecule has 2 heteroatoms. The molecule has 0 spiro atoms. The molecule has 60 valence electrons. The van der Waals surface area contributed by atoms with Gasteiger partial charge in [-0.15, -0.1) is 0 Å². The lowest BCUT2D eigenvalue weighted by Crippen LogP contribution is -1.73. The third kappa shape index (κ3) is 2.52. The van der Waals surface area contributed by atoms with Crippen molar-refractivity contribution in [3.05, 3.63) is 39.9 Å². The lowest BCUT2D eigenvalue weighted by molar-refractivity contribution is 1.46. The van der Waals surface area contributed by atoms with Crippen molar-refractivity contribution in [3.63, 3.8) is 0 Å². The topological polar surface area (TPSA) is 23.8 Å². The van der Waals surface area contributed by atoms with E-state index in [9.17, 15) is 0 Å². The molecule has 0 unspecified atom stereocenters. The molecule has 0 aromatic heterocycles. The Hall–Kier alpha value is -1.07. The summed E-state index contributed by atoms with van der Waals surface area (Å²) in [5, 5.41) is 8.52. The molecule has 0 N–H and O–H groups in total. The maximum atomic E-state index is 8.52. The molecule has 12 heavy (non-hydrogen) atoms. The fourth-order valence-electron chi connectivity index (χ4n) is 0.841. The van der Waals surface area contributed by atoms with Crippen LogP contribution >= 0.6 is 15.9 Å². The van der Waals surface area contributed by atoms with Gasteiger partial charge in [0.2, 0.25) is 0 Å². The molecule has 0 aliphatic carbocycles. The van der Waals surface area contributed by atoms with Crippen LogP contribution in [0.2, 0.25) is 0 Å². The maximum absolute atomic E-state index is 8.52. The van der Waals surface area contributed by atoms with Gasteiger partial charge in [-0.25, -0.2) is 0 Å². The number of rotatable bonds is 1. The van der Waals surface area contributed by atoms with Crippen molar-refractivity contribution in [2.24, 2.45) is 0 Å². The summed E-state index contributed by atoms with van der Waals surface area (Å²) in [6.07, 6.45) is 1.85. The lowest BCUT2D eigenvalue weighted by atomic mass is 10.1. The van der Waals surface area contributed by atoms with Crippen LogP contribution in [-0.2, 0) is 0 Å². The fourth-order valence-corrected chi connectivity index (χ4v) is 1.11. The van der Waals surface area contributed by atoms with Gasteiger partial charge < -0.3 is 0 Å². The Kier molecular flexibility index (Phi) is 3.07. The van der Waals surface area contributed by atoms with E-state index >= 15 is 0 Å². The van der Waals surface area contributed by atoms with Crippen LogP contribution in [0.4, 0.5) is 0 Å². The Bertz CT molecular complexity index is 330. The number of hydrogen-bond donors (Lipinski definition) is 0. The van der Waals surface area contributed by atoms with Gasteiger partial charge in [-0.05, 0) is 30.7 Å². The molecule has 0 heterocycles. The molecule has 0 saturated carbocycles. The van der Waals surface area contributed by atoms with Gasteiger partial charge in [0.05, 0.1) is 6.07 Å². The summed E-state index contributed by atoms with van der Waals surface area (Å²) in [7, 11) is 0. The highest BCUT2D eigenvalue weighted by Gasteiger charge is 1.89. The van der Waals surface area contributed by atoms with Crippen LogP contribution in [0.5, 0.6) is 0 Å². The maximum Gasteiger partial charge on any atom is 0.0944 e. The Morgan fingerprint density at radius 2 is 2.00 bits per heavy atom. The number of nitriles is 1. The van der Waals surface area contributed by atoms with Gasteiger partial charge in [0.15, 0.2) is 0 Å². The van der Waals surface area contributed by atoms with Gasteiger partial charge in [0.1, 0.15) is 0 Å². The van der Waals surface area contributed by atoms with Gasteiger partial charge in [-0.3, -0.25) is 0 Å². The second kappa shape index (κ2) is 4.08. The van der Waals surface area contributed by atoms with E-state index in [4.69, 9.17) is 5.26 Å². The van der Waals surface area contributed by atoms with E-state index in [1.807, 2.05) is 30.3 Å². The predicted molar refractivity (Wildman–Crippen MR) is 53.4 cm³/mol. The van der Waals surface area contributed by atoms with Gasteiger partial charge in [-0.1, -0.05) is 28.1 Å². The molecule has 1 aromatic rings. The first-order valence-electron chi connectivity index (χ1n) is 3.56. The second-order valence-corrected chi connectivity index (χ2v) is 3.41. The van der Waals surface area contributed by atoms with E-state index in [0.29, 0.717) is 0 Å². The highest BCUT2D eigenvalue weighted by atomic mass is 79.9. The number of allylic oxidation sites excluding steroid dienone is 1. The van der Waals surface area contributed by atoms with Crippen LogP contribution in [0.3, 0.4) is 0 Å². The van der Waals surface area contributed by atoms with Gasteiger partial charge in [0, 0.05) is 10.0 Å². The van der Waals surface area contributed by atoms with E-state index < -0.39 is 0 Å². The molecule has 0 atom stereocenters. The van der Waals surface area contributed by atoms with Gasteiger partial charge in [0.25, 0.3) is 0 Å². The molecule has 0 aliphatic heterocycles. The number of halogens is 1. The zero-order valence-corrected chi connectivity index (χ0v) is 8.30. The molecule has 0 fully saturated rings. The molecule has 0 saturated heterocycles. The van der Waals surface area contributed by atoms with Crippen LogP contribution in [-0.4, -0.2) is 0 Å². The molecule has 1 aromatic carbocycles. The summed E-state index contributed by atoms with van der Waals surface area (Å²) in [6.45, 7) is 1.79. The smallest absolute Gasteiger partial charge is 0.0944 e. The van der Waals surface area contributed by atoms with Crippen LogP contribution in [0.1, 0.15) is 12.5 Å². The third-order valence-electron chi connectivity index (χ3n) is 1.43. The summed E-state index contributed by atoms with van der Waals surface area (Å²) >= 11 is 3.34. The molecular formula is C10H8BrN. The lowest BCUT2D eigenvalue weighted by Gasteiger charge is -1.93. The van der Waals surface area contributed by atoms with Gasteiger partial charge in [-0.2, -0.15) is 5.26 Å². The number of hydrogen-bond acceptors (Lipinski definition) is 1. The van der Waals surface area contributed by atoms with E-state index in [0.717, 1.165) is 15.6 Å². The fraction of sp³-hybridized carbons (Fsp3) is 0.100. The Balaban J connectivity index is 2.93. The first kappa shape index (κ1) is 9.02. The Morgan fingerprint density at radius 1 is 1.42 bits per heavy atom. The molecule has 0 radical (unpaired) electrons. The summed E-state index contributed by atoms with van der Waals surface area (Å²) in [5.74, 6) is 0. The largest absolute Gasteiger partial charge is 0.193 e. The van der Waals surface area contributed by atoms with E-state index in [1.54, 1.807) is 6.92 Å². The third-order valence-corrected chi connectivity index (χ3v) is 1.96. The Morgan fingerprint density at radius 3 is 2.50 bits per heavy atom. The molecular weight excluding hydrogens is 214 g/mol. The Labute approximate surface area is 80.5 Å². The SMILES string of the molecule is C/C(C#N)=C/c1ccc(Br)cc1. The van der Waals surface area contributed by atoms with Crippen molar-refractivity contribution >= 4 is 22.0 Å². The summed E-state index contributed by atoms with van der Waals surface area (Å²) in [5.41, 5.74) is 1.77. The van der Waals surface area contributed by atoms with Crippen molar-refractivity contribution in [3.8, 4) is 6.07 Å². The minimum atomic E-state index is 0.720. The van der Waals surface area contributed by atoms with Gasteiger partial charge >= 0.3 is 0 Å². The van der Waals surface area contributed by atoms with Crippen molar-refractivity contribution in [2.45, 2.75) is 6.92 Å². The summed E-state index contributed by atoms with van der Waals surface area (Å²) < 4.78 is 1.05. The number of benzene rings is 1. The zero-order chi connectivity index (χ0) is 8.97. The van der Waals surface area contributed by atoms with Crippen LogP contribution in [0.15, 0.2) is 34.3 Å². The number of nitrogens with zero attached hydrogens (tertiary/aromatic N) is 1. The molecule has 0 amide bonds. The summed E-state index contributed by atoms with van der Waals surface area (Å²) in [6, 6.07) is 9.91. The minimum Gasteiger partial charge on any atom is -0.193 e. The first-order chi connectivity index (χ1) is 5.72. The van der Waals surface area contributed by atoms with Crippen molar-refractivity contribution in [1.29, 1.82) is 5.26 Å². The van der Waals surface area contributed by atoms with E-state index in [2.05, 4.69) is 22.0 Å². The highest BCUT2D eigenvalue weighted by Crippen LogP contribution is 2.12. The predicted octanol–water partition coefficient (Wildman–Crippen LogP) is 3.38. The highest BCUT2D eigenvalue weighted by molar-refractivity contribution is 9.10. The normalized spacial score (nSPS) is 10.9. The minimum absolute atomic E-state index is 0.720. The van der Waals surface area contributed by atoms with Crippen LogP contribution < -0.4 is 0 Å². The molecule has 1 nitrogen and oxygen atoms in total. The quantitative estimate of drug-likeness (QED) is 0.668. The molecule has 1 rings (SSSR count). The standard InChI is InChI=1S/C10H8BrN/c1-8(7-12)6-9-2-4-10(11)5-3-9/h2-6H,1H3/b8-6-. The zero-order valence-electron chi connectivity index (χ0n) is 6.71. The second-order valence-electron chi connectivity index (χ2n) is 2.49. The summed E-state index contributed by atoms with van der Waals surface area (Å²) in [4.78, 5) is 0. The average Bonchev–Trinajstić information content (AvgIpc) is 2.09. The van der Waals surface area contributed by atoms with Crippen molar-refractivity contribution in [2.75, 3.05) is 0 Å². The monoisotopic (exact) mass is 221 g/mol.